The molecule has 26 heavy (non-hydrogen) atoms. The summed E-state index contributed by atoms with van der Waals surface area (Å²) in [5.41, 5.74) is 10.3. The van der Waals surface area contributed by atoms with Gasteiger partial charge in [-0.2, -0.15) is 0 Å². The van der Waals surface area contributed by atoms with E-state index in [1.807, 2.05) is 59.7 Å². The summed E-state index contributed by atoms with van der Waals surface area (Å²) in [7, 11) is 0. The fraction of sp³-hybridized carbons (Fsp3) is 0. The zero-order valence-corrected chi connectivity index (χ0v) is 14.5. The quantitative estimate of drug-likeness (QED) is 0.730. The van der Waals surface area contributed by atoms with Gasteiger partial charge in [0.05, 0.1) is 11.4 Å². The molecule has 2 aliphatic rings. The monoisotopic (exact) mass is 361 g/mol. The molecule has 0 fully saturated rings. The van der Waals surface area contributed by atoms with Crippen molar-refractivity contribution in [3.8, 4) is 0 Å². The minimum absolute atomic E-state index is 0.601. The Kier molecular flexibility index (Phi) is 3.98. The molecule has 0 bridgehead atoms. The van der Waals surface area contributed by atoms with E-state index in [1.165, 1.54) is 0 Å². The van der Waals surface area contributed by atoms with Crippen LogP contribution in [0.3, 0.4) is 0 Å². The molecule has 2 aliphatic heterocycles. The Bertz CT molecular complexity index is 1010. The summed E-state index contributed by atoms with van der Waals surface area (Å²) in [6.45, 7) is 0. The summed E-state index contributed by atoms with van der Waals surface area (Å²) < 4.78 is 0. The third kappa shape index (κ3) is 2.84. The van der Waals surface area contributed by atoms with Crippen LogP contribution in [0.1, 0.15) is 5.69 Å². The van der Waals surface area contributed by atoms with Crippen molar-refractivity contribution < 1.29 is 4.79 Å². The molecule has 128 valence electrons. The second kappa shape index (κ2) is 6.45. The number of anilines is 2. The fourth-order valence-corrected chi connectivity index (χ4v) is 3.26. The van der Waals surface area contributed by atoms with Gasteiger partial charge >= 0.3 is 6.03 Å². The largest absolute Gasteiger partial charge is 0.361 e. The van der Waals surface area contributed by atoms with Crippen LogP contribution in [0.2, 0.25) is 0 Å². The van der Waals surface area contributed by atoms with E-state index >= 15 is 0 Å². The van der Waals surface area contributed by atoms with Crippen LogP contribution in [-0.2, 0) is 0 Å². The molecule has 4 N–H and O–H groups in total. The van der Waals surface area contributed by atoms with Crippen LogP contribution >= 0.6 is 12.2 Å². The number of rotatable bonds is 3. The number of aromatic nitrogens is 1. The number of urea groups is 1. The second-order valence-electron chi connectivity index (χ2n) is 5.72. The number of nitrogens with zero attached hydrogens (tertiary/aromatic N) is 2. The number of thiocarbonyl (C=S) groups is 1. The maximum absolute atomic E-state index is 11.1. The van der Waals surface area contributed by atoms with Crippen molar-refractivity contribution in [3.05, 3.63) is 77.9 Å². The first-order valence-corrected chi connectivity index (χ1v) is 8.36. The summed E-state index contributed by atoms with van der Waals surface area (Å²) in [6.07, 6.45) is 9.43. The molecular weight excluding hydrogens is 346 g/mol. The first-order valence-electron chi connectivity index (χ1n) is 7.95. The standard InChI is InChI=1S/C19H15N5OS/c20-19(25)23-12-3-1-4-13(11-12)24-16(6-7-17(24)26)18-14(8-10-22-18)15-5-2-9-21-15/h1-11,21H,(H3,20,23,25). The van der Waals surface area contributed by atoms with Gasteiger partial charge in [-0.3, -0.25) is 9.89 Å². The molecule has 1 aromatic carbocycles. The Morgan fingerprint density at radius 3 is 2.88 bits per heavy atom. The van der Waals surface area contributed by atoms with Crippen LogP contribution in [0.4, 0.5) is 16.2 Å². The second-order valence-corrected chi connectivity index (χ2v) is 6.14. The predicted molar refractivity (Wildman–Crippen MR) is 108 cm³/mol. The van der Waals surface area contributed by atoms with Gasteiger partial charge in [-0.25, -0.2) is 4.79 Å². The number of amides is 2. The summed E-state index contributed by atoms with van der Waals surface area (Å²) in [5, 5.41) is 2.59. The molecule has 3 heterocycles. The predicted octanol–water partition coefficient (Wildman–Crippen LogP) is 3.59. The molecule has 6 nitrogen and oxygen atoms in total. The highest BCUT2D eigenvalue weighted by atomic mass is 32.1. The molecule has 0 unspecified atom stereocenters. The first-order chi connectivity index (χ1) is 12.6. The number of aliphatic imine (C=N–C) groups is 1. The van der Waals surface area contributed by atoms with E-state index in [-0.39, 0.29) is 0 Å². The highest BCUT2D eigenvalue weighted by molar-refractivity contribution is 7.81. The van der Waals surface area contributed by atoms with Crippen LogP contribution in [-0.4, -0.2) is 22.2 Å². The highest BCUT2D eigenvalue weighted by Crippen LogP contribution is 2.36. The maximum atomic E-state index is 11.1. The van der Waals surface area contributed by atoms with Gasteiger partial charge in [0.15, 0.2) is 0 Å². The molecule has 0 aliphatic carbocycles. The van der Waals surface area contributed by atoms with Gasteiger partial charge in [0.1, 0.15) is 4.99 Å². The van der Waals surface area contributed by atoms with E-state index in [9.17, 15) is 4.79 Å². The Hall–Kier alpha value is -3.45. The van der Waals surface area contributed by atoms with Gasteiger partial charge in [0.2, 0.25) is 0 Å². The average molecular weight is 361 g/mol. The molecular formula is C19H15N5OS. The lowest BCUT2D eigenvalue weighted by Crippen LogP contribution is -2.24. The van der Waals surface area contributed by atoms with Gasteiger partial charge in [-0.15, -0.1) is 0 Å². The number of carbonyl (C=O) groups is 1. The summed E-state index contributed by atoms with van der Waals surface area (Å²) >= 11 is 5.52. The van der Waals surface area contributed by atoms with Crippen molar-refractivity contribution in [2.75, 3.05) is 10.2 Å². The minimum Gasteiger partial charge on any atom is -0.361 e. The van der Waals surface area contributed by atoms with Crippen molar-refractivity contribution in [2.24, 2.45) is 10.7 Å². The van der Waals surface area contributed by atoms with Crippen molar-refractivity contribution in [3.63, 3.8) is 0 Å². The third-order valence-corrected chi connectivity index (χ3v) is 4.37. The Morgan fingerprint density at radius 1 is 1.23 bits per heavy atom. The number of nitrogens with two attached hydrogens (primary N) is 1. The smallest absolute Gasteiger partial charge is 0.316 e. The number of allylic oxidation sites excluding steroid dienone is 3. The van der Waals surface area contributed by atoms with Gasteiger partial charge < -0.3 is 16.0 Å². The van der Waals surface area contributed by atoms with Crippen LogP contribution in [0, 0.1) is 0 Å². The maximum Gasteiger partial charge on any atom is 0.316 e. The number of aromatic amines is 1. The average Bonchev–Trinajstić information content (AvgIpc) is 3.34. The van der Waals surface area contributed by atoms with E-state index in [0.29, 0.717) is 10.7 Å². The summed E-state index contributed by atoms with van der Waals surface area (Å²) in [6, 6.07) is 10.7. The molecule has 2 amide bonds. The van der Waals surface area contributed by atoms with Crippen molar-refractivity contribution >= 4 is 46.4 Å². The van der Waals surface area contributed by atoms with Crippen LogP contribution in [0.15, 0.2) is 77.2 Å². The van der Waals surface area contributed by atoms with Crippen molar-refractivity contribution in [1.82, 2.24) is 4.98 Å². The summed E-state index contributed by atoms with van der Waals surface area (Å²) in [5.74, 6) is 0. The third-order valence-electron chi connectivity index (χ3n) is 4.05. The fourth-order valence-electron chi connectivity index (χ4n) is 2.99. The van der Waals surface area contributed by atoms with Crippen molar-refractivity contribution in [2.45, 2.75) is 0 Å². The number of H-pyrrole nitrogens is 1. The van der Waals surface area contributed by atoms with Gasteiger partial charge in [-0.1, -0.05) is 18.3 Å². The van der Waals surface area contributed by atoms with Gasteiger partial charge in [-0.05, 0) is 48.6 Å². The zero-order chi connectivity index (χ0) is 18.1. The molecule has 2 aromatic rings. The molecule has 1 aromatic heterocycles. The van der Waals surface area contributed by atoms with E-state index < -0.39 is 6.03 Å². The number of benzene rings is 1. The zero-order valence-electron chi connectivity index (χ0n) is 13.6. The van der Waals surface area contributed by atoms with E-state index in [1.54, 1.807) is 12.3 Å². The molecule has 0 spiro atoms. The van der Waals surface area contributed by atoms with E-state index in [4.69, 9.17) is 18.0 Å². The molecule has 4 rings (SSSR count). The van der Waals surface area contributed by atoms with Gasteiger partial charge in [0.25, 0.3) is 0 Å². The van der Waals surface area contributed by atoms with Gasteiger partial charge in [0, 0.05) is 35.1 Å². The molecule has 0 saturated carbocycles. The topological polar surface area (TPSA) is 86.5 Å². The Balaban J connectivity index is 1.77. The van der Waals surface area contributed by atoms with Crippen LogP contribution in [0.25, 0.3) is 5.57 Å². The SMILES string of the molecule is NC(=O)Nc1cccc(N2C(=S)C=CC2=C2N=CC=C2c2ccc[nH]2)c1. The van der Waals surface area contributed by atoms with E-state index in [2.05, 4.69) is 15.3 Å². The number of nitrogens with one attached hydrogen (secondary N) is 2. The normalized spacial score (nSPS) is 18.5. The Labute approximate surface area is 155 Å². The summed E-state index contributed by atoms with van der Waals surface area (Å²) in [4.78, 5) is 21.5. The number of hydrogen-bond donors (Lipinski definition) is 3. The van der Waals surface area contributed by atoms with Crippen LogP contribution < -0.4 is 16.0 Å². The highest BCUT2D eigenvalue weighted by Gasteiger charge is 2.26. The lowest BCUT2D eigenvalue weighted by molar-refractivity contribution is 0.259. The Morgan fingerprint density at radius 2 is 2.12 bits per heavy atom. The van der Waals surface area contributed by atoms with Crippen molar-refractivity contribution in [1.29, 1.82) is 0 Å². The van der Waals surface area contributed by atoms with E-state index in [0.717, 1.165) is 28.3 Å². The number of hydrogen-bond acceptors (Lipinski definition) is 3. The minimum atomic E-state index is -0.611. The lowest BCUT2D eigenvalue weighted by Gasteiger charge is -2.22. The molecule has 0 radical (unpaired) electrons. The first kappa shape index (κ1) is 16.0. The molecule has 0 atom stereocenters. The number of primary amides is 1. The lowest BCUT2D eigenvalue weighted by atomic mass is 10.1. The molecule has 7 heteroatoms. The van der Waals surface area contributed by atoms with Crippen LogP contribution in [0.5, 0.6) is 0 Å². The molecule has 0 saturated heterocycles. The number of carbonyl (C=O) groups excluding carboxylic acids is 1.